The molecule has 0 unspecified atom stereocenters. The van der Waals surface area contributed by atoms with E-state index in [0.29, 0.717) is 40.4 Å². The first-order valence-corrected chi connectivity index (χ1v) is 10.9. The first-order valence-electron chi connectivity index (χ1n) is 10.5. The number of rotatable bonds is 6. The second-order valence-corrected chi connectivity index (χ2v) is 7.93. The van der Waals surface area contributed by atoms with Gasteiger partial charge in [-0.15, -0.1) is 0 Å². The van der Waals surface area contributed by atoms with Crippen LogP contribution < -0.4 is 0 Å². The highest BCUT2D eigenvalue weighted by Gasteiger charge is 2.22. The zero-order chi connectivity index (χ0) is 22.8. The molecule has 0 atom stereocenters. The van der Waals surface area contributed by atoms with Crippen LogP contribution in [0.25, 0.3) is 22.3 Å². The molecule has 0 saturated heterocycles. The Bertz CT molecular complexity index is 1300. The average Bonchev–Trinajstić information content (AvgIpc) is 3.15. The minimum Gasteiger partial charge on any atom is -0.508 e. The third-order valence-electron chi connectivity index (χ3n) is 5.50. The zero-order valence-electron chi connectivity index (χ0n) is 18.2. The van der Waals surface area contributed by atoms with E-state index < -0.39 is 0 Å². The van der Waals surface area contributed by atoms with Crippen LogP contribution in [0.5, 0.6) is 5.75 Å². The second kappa shape index (κ2) is 8.96. The molecule has 164 valence electrons. The molecule has 0 saturated carbocycles. The van der Waals surface area contributed by atoms with Crippen molar-refractivity contribution >= 4 is 28.4 Å². The predicted molar refractivity (Wildman–Crippen MR) is 125 cm³/mol. The van der Waals surface area contributed by atoms with Crippen LogP contribution in [-0.4, -0.2) is 42.2 Å². The van der Waals surface area contributed by atoms with Crippen molar-refractivity contribution in [3.8, 4) is 17.1 Å². The van der Waals surface area contributed by atoms with Gasteiger partial charge in [0, 0.05) is 46.9 Å². The summed E-state index contributed by atoms with van der Waals surface area (Å²) < 4.78 is 1.91. The third kappa shape index (κ3) is 4.16. The van der Waals surface area contributed by atoms with Gasteiger partial charge in [0.2, 0.25) is 0 Å². The molecule has 0 aliphatic rings. The topological polar surface area (TPSA) is 84.1 Å². The number of aryl methyl sites for hydroxylation is 1. The Morgan fingerprint density at radius 2 is 1.97 bits per heavy atom. The molecule has 0 fully saturated rings. The Morgan fingerprint density at radius 3 is 2.66 bits per heavy atom. The van der Waals surface area contributed by atoms with Gasteiger partial charge in [-0.2, -0.15) is 5.10 Å². The fourth-order valence-electron chi connectivity index (χ4n) is 3.68. The molecule has 0 spiro atoms. The molecule has 0 bridgehead atoms. The summed E-state index contributed by atoms with van der Waals surface area (Å²) in [6.07, 6.45) is 1.80. The van der Waals surface area contributed by atoms with Gasteiger partial charge in [0.15, 0.2) is 5.82 Å². The standard InChI is InChI=1S/C24H24ClN5O2/c1-4-29(14-17-13-26-30(5-2)15(17)3)24(32)22-20-12-19(31)9-10-21(20)27-23(28-22)16-7-6-8-18(25)11-16/h6-13,31H,4-5,14H2,1-3H3. The number of hydrogen-bond acceptors (Lipinski definition) is 5. The van der Waals surface area contributed by atoms with Crippen molar-refractivity contribution in [2.45, 2.75) is 33.9 Å². The normalized spacial score (nSPS) is 11.1. The molecule has 0 aliphatic heterocycles. The molecule has 2 heterocycles. The van der Waals surface area contributed by atoms with Gasteiger partial charge in [-0.1, -0.05) is 23.7 Å². The zero-order valence-corrected chi connectivity index (χ0v) is 19.0. The summed E-state index contributed by atoms with van der Waals surface area (Å²) in [4.78, 5) is 24.6. The van der Waals surface area contributed by atoms with Crippen LogP contribution in [0.2, 0.25) is 5.02 Å². The number of phenols is 1. The lowest BCUT2D eigenvalue weighted by molar-refractivity contribution is 0.0748. The average molecular weight is 450 g/mol. The molecule has 32 heavy (non-hydrogen) atoms. The predicted octanol–water partition coefficient (Wildman–Crippen LogP) is 4.84. The molecule has 0 radical (unpaired) electrons. The largest absolute Gasteiger partial charge is 0.508 e. The van der Waals surface area contributed by atoms with E-state index in [1.807, 2.05) is 37.6 Å². The van der Waals surface area contributed by atoms with Crippen molar-refractivity contribution in [1.82, 2.24) is 24.6 Å². The fourth-order valence-corrected chi connectivity index (χ4v) is 3.87. The van der Waals surface area contributed by atoms with E-state index in [-0.39, 0.29) is 17.4 Å². The molecule has 0 aliphatic carbocycles. The van der Waals surface area contributed by atoms with Crippen LogP contribution in [0.4, 0.5) is 0 Å². The van der Waals surface area contributed by atoms with Crippen molar-refractivity contribution in [3.63, 3.8) is 0 Å². The van der Waals surface area contributed by atoms with E-state index in [9.17, 15) is 9.90 Å². The van der Waals surface area contributed by atoms with Crippen LogP contribution in [0, 0.1) is 6.92 Å². The monoisotopic (exact) mass is 449 g/mol. The first-order chi connectivity index (χ1) is 15.4. The number of fused-ring (bicyclic) bond motifs is 1. The van der Waals surface area contributed by atoms with Crippen molar-refractivity contribution in [3.05, 3.63) is 70.6 Å². The molecular formula is C24H24ClN5O2. The number of aromatic nitrogens is 4. The third-order valence-corrected chi connectivity index (χ3v) is 5.73. The summed E-state index contributed by atoms with van der Waals surface area (Å²) >= 11 is 6.16. The highest BCUT2D eigenvalue weighted by molar-refractivity contribution is 6.30. The first kappa shape index (κ1) is 21.8. The van der Waals surface area contributed by atoms with Crippen LogP contribution in [0.15, 0.2) is 48.7 Å². The van der Waals surface area contributed by atoms with Crippen LogP contribution in [0.1, 0.15) is 35.6 Å². The minimum absolute atomic E-state index is 0.0498. The van der Waals surface area contributed by atoms with E-state index in [1.165, 1.54) is 6.07 Å². The molecular weight excluding hydrogens is 426 g/mol. The molecule has 2 aromatic heterocycles. The molecule has 4 rings (SSSR count). The summed E-state index contributed by atoms with van der Waals surface area (Å²) in [5, 5.41) is 15.5. The Balaban J connectivity index is 1.80. The summed E-state index contributed by atoms with van der Waals surface area (Å²) in [5.74, 6) is 0.214. The quantitative estimate of drug-likeness (QED) is 0.455. The fraction of sp³-hybridized carbons (Fsp3) is 0.250. The number of amides is 1. The molecule has 8 heteroatoms. The van der Waals surface area contributed by atoms with Gasteiger partial charge >= 0.3 is 0 Å². The molecule has 4 aromatic rings. The lowest BCUT2D eigenvalue weighted by Gasteiger charge is -2.21. The van der Waals surface area contributed by atoms with Crippen LogP contribution in [0.3, 0.4) is 0 Å². The number of aromatic hydroxyl groups is 1. The lowest BCUT2D eigenvalue weighted by Crippen LogP contribution is -2.31. The maximum absolute atomic E-state index is 13.6. The van der Waals surface area contributed by atoms with Gasteiger partial charge in [-0.25, -0.2) is 9.97 Å². The van der Waals surface area contributed by atoms with Crippen LogP contribution >= 0.6 is 11.6 Å². The molecule has 7 nitrogen and oxygen atoms in total. The van der Waals surface area contributed by atoms with E-state index in [0.717, 1.165) is 17.8 Å². The highest BCUT2D eigenvalue weighted by atomic mass is 35.5. The number of hydrogen-bond donors (Lipinski definition) is 1. The second-order valence-electron chi connectivity index (χ2n) is 7.50. The van der Waals surface area contributed by atoms with E-state index >= 15 is 0 Å². The summed E-state index contributed by atoms with van der Waals surface area (Å²) in [5.41, 5.74) is 3.54. The Morgan fingerprint density at radius 1 is 1.16 bits per heavy atom. The van der Waals surface area contributed by atoms with Gasteiger partial charge in [0.05, 0.1) is 11.7 Å². The minimum atomic E-state index is -0.238. The van der Waals surface area contributed by atoms with E-state index in [2.05, 4.69) is 15.1 Å². The maximum atomic E-state index is 13.6. The van der Waals surface area contributed by atoms with Gasteiger partial charge in [0.1, 0.15) is 11.4 Å². The Labute approximate surface area is 191 Å². The van der Waals surface area contributed by atoms with Crippen molar-refractivity contribution in [1.29, 1.82) is 0 Å². The summed E-state index contributed by atoms with van der Waals surface area (Å²) in [6.45, 7) is 7.63. The number of benzene rings is 2. The number of carbonyl (C=O) groups excluding carboxylic acids is 1. The molecule has 1 amide bonds. The van der Waals surface area contributed by atoms with Crippen molar-refractivity contribution < 1.29 is 9.90 Å². The number of halogens is 1. The number of carbonyl (C=O) groups is 1. The summed E-state index contributed by atoms with van der Waals surface area (Å²) in [7, 11) is 0. The van der Waals surface area contributed by atoms with E-state index in [1.54, 1.807) is 35.4 Å². The Kier molecular flexibility index (Phi) is 6.10. The Hall–Kier alpha value is -3.45. The summed E-state index contributed by atoms with van der Waals surface area (Å²) in [6, 6.07) is 12.0. The van der Waals surface area contributed by atoms with Crippen LogP contribution in [-0.2, 0) is 13.1 Å². The van der Waals surface area contributed by atoms with Gasteiger partial charge in [-0.3, -0.25) is 9.48 Å². The lowest BCUT2D eigenvalue weighted by atomic mass is 10.1. The maximum Gasteiger partial charge on any atom is 0.273 e. The molecule has 1 N–H and O–H groups in total. The number of nitrogens with zero attached hydrogens (tertiary/aromatic N) is 5. The molecule has 2 aromatic carbocycles. The smallest absolute Gasteiger partial charge is 0.273 e. The van der Waals surface area contributed by atoms with Crippen molar-refractivity contribution in [2.24, 2.45) is 0 Å². The number of phenolic OH excluding ortho intramolecular Hbond substituents is 1. The van der Waals surface area contributed by atoms with E-state index in [4.69, 9.17) is 11.6 Å². The van der Waals surface area contributed by atoms with Gasteiger partial charge in [-0.05, 0) is 51.1 Å². The van der Waals surface area contributed by atoms with Crippen molar-refractivity contribution in [2.75, 3.05) is 6.54 Å². The highest BCUT2D eigenvalue weighted by Crippen LogP contribution is 2.27. The van der Waals surface area contributed by atoms with Gasteiger partial charge in [0.25, 0.3) is 5.91 Å². The SMILES string of the molecule is CCN(Cc1cnn(CC)c1C)C(=O)c1nc(-c2cccc(Cl)c2)nc2ccc(O)cc12. The van der Waals surface area contributed by atoms with Gasteiger partial charge < -0.3 is 10.0 Å².